The molecule has 0 unspecified atom stereocenters. The fourth-order valence-electron chi connectivity index (χ4n) is 1.61. The summed E-state index contributed by atoms with van der Waals surface area (Å²) in [7, 11) is 1.51. The number of hydrogen-bond acceptors (Lipinski definition) is 3. The minimum atomic E-state index is -1.24. The molecule has 1 aromatic carbocycles. The highest BCUT2D eigenvalue weighted by Crippen LogP contribution is 2.17. The highest BCUT2D eigenvalue weighted by molar-refractivity contribution is 6.00. The lowest BCUT2D eigenvalue weighted by Gasteiger charge is -2.21. The van der Waals surface area contributed by atoms with Crippen LogP contribution in [0, 0.1) is 5.82 Å². The first-order valence-corrected chi connectivity index (χ1v) is 6.07. The lowest BCUT2D eigenvalue weighted by Crippen LogP contribution is -2.37. The standard InChI is InChI=1S/C13H17FN2O4/c1-3-16(6-7-20-2)13(19)15-11-8-9(14)4-5-10(11)12(17)18/h4-5,8H,3,6-7H2,1-2H3,(H,15,19)(H,17,18). The number of halogens is 1. The number of likely N-dealkylation sites (N-methyl/N-ethyl adjacent to an activating group) is 1. The van der Waals surface area contributed by atoms with Crippen LogP contribution < -0.4 is 5.32 Å². The number of benzene rings is 1. The fourth-order valence-corrected chi connectivity index (χ4v) is 1.61. The Hall–Kier alpha value is -2.15. The molecule has 0 atom stereocenters. The highest BCUT2D eigenvalue weighted by atomic mass is 19.1. The van der Waals surface area contributed by atoms with Crippen LogP contribution in [0.1, 0.15) is 17.3 Å². The van der Waals surface area contributed by atoms with Gasteiger partial charge in [0.05, 0.1) is 17.9 Å². The molecule has 1 aromatic rings. The quantitative estimate of drug-likeness (QED) is 0.837. The number of carboxylic acids is 1. The maximum Gasteiger partial charge on any atom is 0.337 e. The number of methoxy groups -OCH3 is 1. The average Bonchev–Trinajstić information content (AvgIpc) is 2.39. The number of aromatic carboxylic acids is 1. The lowest BCUT2D eigenvalue weighted by molar-refractivity contribution is 0.0698. The summed E-state index contributed by atoms with van der Waals surface area (Å²) in [5.74, 6) is -1.86. The molecule has 0 aliphatic heterocycles. The zero-order valence-corrected chi connectivity index (χ0v) is 11.4. The predicted octanol–water partition coefficient (Wildman–Crippen LogP) is 2.02. The molecule has 0 aromatic heterocycles. The molecule has 1 rings (SSSR count). The molecule has 7 heteroatoms. The molecular formula is C13H17FN2O4. The Balaban J connectivity index is 2.88. The van der Waals surface area contributed by atoms with Crippen LogP contribution in [0.4, 0.5) is 14.9 Å². The molecule has 0 spiro atoms. The van der Waals surface area contributed by atoms with E-state index in [2.05, 4.69) is 5.32 Å². The molecule has 2 amide bonds. The number of rotatable bonds is 6. The third-order valence-electron chi connectivity index (χ3n) is 2.69. The molecular weight excluding hydrogens is 267 g/mol. The largest absolute Gasteiger partial charge is 0.478 e. The van der Waals surface area contributed by atoms with E-state index in [0.717, 1.165) is 18.2 Å². The van der Waals surface area contributed by atoms with Gasteiger partial charge >= 0.3 is 12.0 Å². The van der Waals surface area contributed by atoms with Gasteiger partial charge in [0.2, 0.25) is 0 Å². The van der Waals surface area contributed by atoms with Gasteiger partial charge in [0.15, 0.2) is 0 Å². The topological polar surface area (TPSA) is 78.9 Å². The first-order valence-electron chi connectivity index (χ1n) is 6.07. The number of carbonyl (C=O) groups excluding carboxylic acids is 1. The van der Waals surface area contributed by atoms with Crippen LogP contribution >= 0.6 is 0 Å². The Kier molecular flexibility index (Phi) is 5.92. The molecule has 0 radical (unpaired) electrons. The van der Waals surface area contributed by atoms with Crippen LogP contribution in [-0.4, -0.2) is 48.8 Å². The number of carboxylic acid groups (broad SMARTS) is 1. The Morgan fingerprint density at radius 2 is 2.15 bits per heavy atom. The molecule has 20 heavy (non-hydrogen) atoms. The van der Waals surface area contributed by atoms with Crippen molar-refractivity contribution < 1.29 is 23.8 Å². The first kappa shape index (κ1) is 15.9. The van der Waals surface area contributed by atoms with E-state index in [1.807, 2.05) is 0 Å². The van der Waals surface area contributed by atoms with Gasteiger partial charge in [-0.3, -0.25) is 0 Å². The van der Waals surface area contributed by atoms with Crippen molar-refractivity contribution in [3.8, 4) is 0 Å². The molecule has 0 saturated heterocycles. The number of hydrogen-bond donors (Lipinski definition) is 2. The van der Waals surface area contributed by atoms with Crippen LogP contribution in [0.2, 0.25) is 0 Å². The van der Waals surface area contributed by atoms with Crippen molar-refractivity contribution in [2.75, 3.05) is 32.1 Å². The van der Waals surface area contributed by atoms with Crippen molar-refractivity contribution in [2.45, 2.75) is 6.92 Å². The van der Waals surface area contributed by atoms with Crippen molar-refractivity contribution >= 4 is 17.7 Å². The Morgan fingerprint density at radius 1 is 1.45 bits per heavy atom. The normalized spacial score (nSPS) is 10.2. The van der Waals surface area contributed by atoms with Gasteiger partial charge in [-0.2, -0.15) is 0 Å². The van der Waals surface area contributed by atoms with Crippen LogP contribution in [0.3, 0.4) is 0 Å². The number of anilines is 1. The number of nitrogens with one attached hydrogen (secondary N) is 1. The van der Waals surface area contributed by atoms with E-state index in [0.29, 0.717) is 19.7 Å². The number of ether oxygens (including phenoxy) is 1. The van der Waals surface area contributed by atoms with Crippen molar-refractivity contribution in [1.29, 1.82) is 0 Å². The summed E-state index contributed by atoms with van der Waals surface area (Å²) < 4.78 is 18.0. The Labute approximate surface area is 116 Å². The van der Waals surface area contributed by atoms with Crippen molar-refractivity contribution in [1.82, 2.24) is 4.90 Å². The summed E-state index contributed by atoms with van der Waals surface area (Å²) in [5.41, 5.74) is -0.235. The number of carbonyl (C=O) groups is 2. The van der Waals surface area contributed by atoms with Crippen LogP contribution in [-0.2, 0) is 4.74 Å². The number of amides is 2. The first-order chi connectivity index (χ1) is 9.49. The summed E-state index contributed by atoms with van der Waals surface area (Å²) in [6.45, 7) is 2.92. The van der Waals surface area contributed by atoms with Crippen molar-refractivity contribution in [3.05, 3.63) is 29.6 Å². The van der Waals surface area contributed by atoms with E-state index >= 15 is 0 Å². The summed E-state index contributed by atoms with van der Waals surface area (Å²) in [4.78, 5) is 24.4. The molecule has 0 saturated carbocycles. The third-order valence-corrected chi connectivity index (χ3v) is 2.69. The molecule has 0 fully saturated rings. The van der Waals surface area contributed by atoms with Crippen molar-refractivity contribution in [3.63, 3.8) is 0 Å². The van der Waals surface area contributed by atoms with Gasteiger partial charge in [0, 0.05) is 20.2 Å². The van der Waals surface area contributed by atoms with Crippen LogP contribution in [0.25, 0.3) is 0 Å². The van der Waals surface area contributed by atoms with E-state index in [1.54, 1.807) is 6.92 Å². The predicted molar refractivity (Wildman–Crippen MR) is 71.5 cm³/mol. The van der Waals surface area contributed by atoms with Gasteiger partial charge in [0.1, 0.15) is 5.82 Å². The van der Waals surface area contributed by atoms with E-state index < -0.39 is 17.8 Å². The van der Waals surface area contributed by atoms with Crippen LogP contribution in [0.5, 0.6) is 0 Å². The minimum absolute atomic E-state index is 0.0710. The maximum atomic E-state index is 13.2. The zero-order chi connectivity index (χ0) is 15.1. The molecule has 110 valence electrons. The van der Waals surface area contributed by atoms with Gasteiger partial charge in [-0.1, -0.05) is 0 Å². The highest BCUT2D eigenvalue weighted by Gasteiger charge is 2.16. The van der Waals surface area contributed by atoms with Crippen molar-refractivity contribution in [2.24, 2.45) is 0 Å². The van der Waals surface area contributed by atoms with Gasteiger partial charge in [-0.25, -0.2) is 14.0 Å². The Morgan fingerprint density at radius 3 is 2.70 bits per heavy atom. The summed E-state index contributed by atoms with van der Waals surface area (Å²) in [6.07, 6.45) is 0. The van der Waals surface area contributed by atoms with Gasteiger partial charge in [0.25, 0.3) is 0 Å². The van der Waals surface area contributed by atoms with E-state index in [4.69, 9.17) is 9.84 Å². The molecule has 0 aliphatic carbocycles. The Bertz CT molecular complexity index is 493. The van der Waals surface area contributed by atoms with E-state index in [1.165, 1.54) is 12.0 Å². The van der Waals surface area contributed by atoms with E-state index in [-0.39, 0.29) is 11.3 Å². The lowest BCUT2D eigenvalue weighted by atomic mass is 10.2. The number of urea groups is 1. The molecule has 2 N–H and O–H groups in total. The monoisotopic (exact) mass is 284 g/mol. The summed E-state index contributed by atoms with van der Waals surface area (Å²) >= 11 is 0. The molecule has 0 heterocycles. The van der Waals surface area contributed by atoms with E-state index in [9.17, 15) is 14.0 Å². The minimum Gasteiger partial charge on any atom is -0.478 e. The maximum absolute atomic E-state index is 13.2. The fraction of sp³-hybridized carbons (Fsp3) is 0.385. The average molecular weight is 284 g/mol. The number of nitrogens with zero attached hydrogens (tertiary/aromatic N) is 1. The van der Waals surface area contributed by atoms with Gasteiger partial charge in [-0.15, -0.1) is 0 Å². The summed E-state index contributed by atoms with van der Waals surface area (Å²) in [6, 6.07) is 2.61. The molecule has 0 aliphatic rings. The van der Waals surface area contributed by atoms with Crippen LogP contribution in [0.15, 0.2) is 18.2 Å². The third kappa shape index (κ3) is 4.20. The zero-order valence-electron chi connectivity index (χ0n) is 11.4. The SMILES string of the molecule is CCN(CCOC)C(=O)Nc1cc(F)ccc1C(=O)O. The second-order valence-electron chi connectivity index (χ2n) is 4.00. The molecule has 6 nitrogen and oxygen atoms in total. The summed E-state index contributed by atoms with van der Waals surface area (Å²) in [5, 5.41) is 11.4. The molecule has 0 bridgehead atoms. The van der Waals surface area contributed by atoms with Gasteiger partial charge in [-0.05, 0) is 25.1 Å². The smallest absolute Gasteiger partial charge is 0.337 e. The van der Waals surface area contributed by atoms with Gasteiger partial charge < -0.3 is 20.1 Å². The second kappa shape index (κ2) is 7.44. The second-order valence-corrected chi connectivity index (χ2v) is 4.00.